The number of nitrogens with two attached hydrogens (primary N) is 1. The van der Waals surface area contributed by atoms with Gasteiger partial charge in [-0.25, -0.2) is 5.84 Å². The second-order valence-electron chi connectivity index (χ2n) is 3.71. The van der Waals surface area contributed by atoms with Gasteiger partial charge in [0.25, 0.3) is 0 Å². The quantitative estimate of drug-likeness (QED) is 0.590. The molecule has 0 saturated carbocycles. The number of hydrazine groups is 1. The highest BCUT2D eigenvalue weighted by Gasteiger charge is 2.06. The van der Waals surface area contributed by atoms with Crippen LogP contribution in [0.15, 0.2) is 24.3 Å². The van der Waals surface area contributed by atoms with Gasteiger partial charge in [0.05, 0.1) is 6.42 Å². The molecule has 0 aliphatic rings. The van der Waals surface area contributed by atoms with Crippen LogP contribution < -0.4 is 11.4 Å². The normalized spacial score (nSPS) is 10.6. The molecule has 0 amide bonds. The van der Waals surface area contributed by atoms with Crippen molar-refractivity contribution in [3.05, 3.63) is 34.9 Å². The van der Waals surface area contributed by atoms with Crippen molar-refractivity contribution in [2.45, 2.75) is 13.0 Å². The van der Waals surface area contributed by atoms with Crippen molar-refractivity contribution in [3.63, 3.8) is 0 Å². The largest absolute Gasteiger partial charge is 0.356 e. The summed E-state index contributed by atoms with van der Waals surface area (Å²) >= 11 is 5.88. The van der Waals surface area contributed by atoms with E-state index in [-0.39, 0.29) is 12.4 Å². The second-order valence-corrected chi connectivity index (χ2v) is 4.15. The van der Waals surface area contributed by atoms with E-state index in [4.69, 9.17) is 17.4 Å². The zero-order valence-electron chi connectivity index (χ0n) is 9.65. The van der Waals surface area contributed by atoms with Crippen molar-refractivity contribution < 1.29 is 9.63 Å². The van der Waals surface area contributed by atoms with E-state index in [0.29, 0.717) is 11.6 Å². The summed E-state index contributed by atoms with van der Waals surface area (Å²) in [6, 6.07) is 7.62. The lowest BCUT2D eigenvalue weighted by Crippen LogP contribution is -2.29. The first kappa shape index (κ1) is 13.9. The lowest BCUT2D eigenvalue weighted by atomic mass is 10.2. The minimum Gasteiger partial charge on any atom is -0.356 e. The van der Waals surface area contributed by atoms with Crippen molar-refractivity contribution in [1.82, 2.24) is 10.5 Å². The molecule has 0 heterocycles. The Labute approximate surface area is 105 Å². The molecule has 1 rings (SSSR count). The highest BCUT2D eigenvalue weighted by atomic mass is 35.5. The average Bonchev–Trinajstić information content (AvgIpc) is 2.27. The summed E-state index contributed by atoms with van der Waals surface area (Å²) < 4.78 is 0. The predicted octanol–water partition coefficient (Wildman–Crippen LogP) is 1.08. The summed E-state index contributed by atoms with van der Waals surface area (Å²) in [5.41, 5.74) is 2.97. The Morgan fingerprint density at radius 3 is 3.00 bits per heavy atom. The Morgan fingerprint density at radius 2 is 2.35 bits per heavy atom. The Bertz CT molecular complexity index is 373. The Morgan fingerprint density at radius 1 is 1.59 bits per heavy atom. The summed E-state index contributed by atoms with van der Waals surface area (Å²) in [6.07, 6.45) is 0.279. The first-order valence-electron chi connectivity index (χ1n) is 5.20. The lowest BCUT2D eigenvalue weighted by Gasteiger charge is -2.16. The maximum absolute atomic E-state index is 11.0. The fraction of sp³-hybridized carbons (Fsp3) is 0.364. The Balaban J connectivity index is 2.34. The molecule has 0 aliphatic carbocycles. The molecule has 94 valence electrons. The van der Waals surface area contributed by atoms with E-state index < -0.39 is 0 Å². The van der Waals surface area contributed by atoms with E-state index in [9.17, 15) is 4.79 Å². The van der Waals surface area contributed by atoms with Crippen LogP contribution in [-0.4, -0.2) is 24.5 Å². The number of rotatable bonds is 6. The van der Waals surface area contributed by atoms with Crippen LogP contribution in [0.4, 0.5) is 0 Å². The van der Waals surface area contributed by atoms with Gasteiger partial charge in [-0.3, -0.25) is 4.79 Å². The molecule has 0 atom stereocenters. The number of carbonyl (C=O) groups is 1. The van der Waals surface area contributed by atoms with Crippen LogP contribution in [0.1, 0.15) is 12.0 Å². The monoisotopic (exact) mass is 257 g/mol. The van der Waals surface area contributed by atoms with Gasteiger partial charge in [0.2, 0.25) is 0 Å². The van der Waals surface area contributed by atoms with Gasteiger partial charge in [-0.2, -0.15) is 0 Å². The lowest BCUT2D eigenvalue weighted by molar-refractivity contribution is -0.151. The maximum atomic E-state index is 11.0. The van der Waals surface area contributed by atoms with Gasteiger partial charge in [0, 0.05) is 18.1 Å². The van der Waals surface area contributed by atoms with E-state index in [1.807, 2.05) is 41.8 Å². The number of nitrogens with zero attached hydrogens (tertiary/aromatic N) is 1. The van der Waals surface area contributed by atoms with Crippen LogP contribution >= 0.6 is 11.6 Å². The predicted molar refractivity (Wildman–Crippen MR) is 65.8 cm³/mol. The van der Waals surface area contributed by atoms with Crippen LogP contribution in [0.3, 0.4) is 0 Å². The minimum atomic E-state index is -0.384. The van der Waals surface area contributed by atoms with E-state index in [0.717, 1.165) is 12.1 Å². The molecule has 0 bridgehead atoms. The summed E-state index contributed by atoms with van der Waals surface area (Å²) in [4.78, 5) is 17.4. The number of carbonyl (C=O) groups excluding carboxylic acids is 1. The molecular weight excluding hydrogens is 242 g/mol. The van der Waals surface area contributed by atoms with Gasteiger partial charge in [-0.1, -0.05) is 29.3 Å². The smallest absolute Gasteiger partial charge is 0.327 e. The van der Waals surface area contributed by atoms with Gasteiger partial charge in [0.15, 0.2) is 0 Å². The molecule has 3 N–H and O–H groups in total. The molecule has 1 aromatic rings. The van der Waals surface area contributed by atoms with Crippen LogP contribution in [0.2, 0.25) is 5.02 Å². The molecular formula is C11H16ClN3O2. The third kappa shape index (κ3) is 5.65. The van der Waals surface area contributed by atoms with Crippen molar-refractivity contribution >= 4 is 17.6 Å². The minimum absolute atomic E-state index is 0.279. The SMILES string of the molecule is CN(CCC(=O)ONN)Cc1cccc(Cl)c1. The number of hydrogen-bond acceptors (Lipinski definition) is 5. The second kappa shape index (κ2) is 7.24. The van der Waals surface area contributed by atoms with E-state index in [1.165, 1.54) is 0 Å². The van der Waals surface area contributed by atoms with E-state index in [2.05, 4.69) is 4.84 Å². The molecule has 0 aliphatic heterocycles. The van der Waals surface area contributed by atoms with E-state index >= 15 is 0 Å². The van der Waals surface area contributed by atoms with Crippen LogP contribution in [0.5, 0.6) is 0 Å². The third-order valence-electron chi connectivity index (χ3n) is 2.21. The van der Waals surface area contributed by atoms with Crippen molar-refractivity contribution in [3.8, 4) is 0 Å². The molecule has 0 unspecified atom stereocenters. The standard InChI is InChI=1S/C11H16ClN3O2/c1-15(6-5-11(16)17-14-13)8-9-3-2-4-10(12)7-9/h2-4,7,14H,5-6,8,13H2,1H3. The molecule has 1 aromatic carbocycles. The average molecular weight is 258 g/mol. The fourth-order valence-corrected chi connectivity index (χ4v) is 1.64. The molecule has 6 heteroatoms. The zero-order chi connectivity index (χ0) is 12.7. The van der Waals surface area contributed by atoms with Gasteiger partial charge < -0.3 is 9.74 Å². The van der Waals surface area contributed by atoms with Gasteiger partial charge in [-0.15, -0.1) is 0 Å². The number of halogens is 1. The van der Waals surface area contributed by atoms with Crippen LogP contribution in [0, 0.1) is 0 Å². The van der Waals surface area contributed by atoms with Crippen LogP contribution in [-0.2, 0) is 16.2 Å². The number of hydrogen-bond donors (Lipinski definition) is 2. The van der Waals surface area contributed by atoms with Crippen molar-refractivity contribution in [1.29, 1.82) is 0 Å². The van der Waals surface area contributed by atoms with Gasteiger partial charge in [-0.05, 0) is 24.7 Å². The van der Waals surface area contributed by atoms with Crippen molar-refractivity contribution in [2.75, 3.05) is 13.6 Å². The highest BCUT2D eigenvalue weighted by Crippen LogP contribution is 2.12. The van der Waals surface area contributed by atoms with Gasteiger partial charge in [0.1, 0.15) is 0 Å². The highest BCUT2D eigenvalue weighted by molar-refractivity contribution is 6.30. The summed E-state index contributed by atoms with van der Waals surface area (Å²) in [5, 5.41) is 0.711. The molecule has 0 saturated heterocycles. The van der Waals surface area contributed by atoms with Crippen molar-refractivity contribution in [2.24, 2.45) is 5.84 Å². The summed E-state index contributed by atoms with van der Waals surface area (Å²) in [7, 11) is 1.92. The molecule has 0 radical (unpaired) electrons. The maximum Gasteiger partial charge on any atom is 0.327 e. The first-order chi connectivity index (χ1) is 8.11. The fourth-order valence-electron chi connectivity index (χ4n) is 1.42. The summed E-state index contributed by atoms with van der Waals surface area (Å²) in [5.74, 6) is 4.47. The number of benzene rings is 1. The van der Waals surface area contributed by atoms with E-state index in [1.54, 1.807) is 0 Å². The molecule has 0 spiro atoms. The third-order valence-corrected chi connectivity index (χ3v) is 2.45. The molecule has 17 heavy (non-hydrogen) atoms. The number of nitrogens with one attached hydrogen (secondary N) is 1. The molecule has 5 nitrogen and oxygen atoms in total. The zero-order valence-corrected chi connectivity index (χ0v) is 10.4. The Kier molecular flexibility index (Phi) is 5.93. The Hall–Kier alpha value is -1.14. The molecule has 0 aromatic heterocycles. The van der Waals surface area contributed by atoms with Gasteiger partial charge >= 0.3 is 5.97 Å². The first-order valence-corrected chi connectivity index (χ1v) is 5.58. The topological polar surface area (TPSA) is 67.6 Å². The van der Waals surface area contributed by atoms with Crippen LogP contribution in [0.25, 0.3) is 0 Å². The molecule has 0 fully saturated rings. The summed E-state index contributed by atoms with van der Waals surface area (Å²) in [6.45, 7) is 1.32.